The number of carbonyl (C=O) groups excluding carboxylic acids is 2. The lowest BCUT2D eigenvalue weighted by Gasteiger charge is -2.32. The third-order valence-electron chi connectivity index (χ3n) is 3.00. The van der Waals surface area contributed by atoms with Gasteiger partial charge in [0.15, 0.2) is 18.1 Å². The van der Waals surface area contributed by atoms with Gasteiger partial charge in [0.2, 0.25) is 0 Å². The van der Waals surface area contributed by atoms with Crippen molar-refractivity contribution >= 4 is 23.5 Å². The van der Waals surface area contributed by atoms with E-state index in [0.717, 1.165) is 23.3 Å². The van der Waals surface area contributed by atoms with Crippen molar-refractivity contribution < 1.29 is 18.7 Å². The molecule has 0 unspecified atom stereocenters. The Labute approximate surface area is 122 Å². The van der Waals surface area contributed by atoms with Crippen LogP contribution >= 0.6 is 11.8 Å². The number of rotatable bonds is 2. The highest BCUT2D eigenvalue weighted by Crippen LogP contribution is 2.35. The quantitative estimate of drug-likeness (QED) is 0.767. The summed E-state index contributed by atoms with van der Waals surface area (Å²) < 4.78 is 20.0. The highest BCUT2D eigenvalue weighted by molar-refractivity contribution is 8.00. The normalized spacial score (nSPS) is 25.7. The molecule has 7 nitrogen and oxygen atoms in total. The van der Waals surface area contributed by atoms with Crippen molar-refractivity contribution in [1.29, 1.82) is 0 Å². The minimum Gasteiger partial charge on any atom is -0.456 e. The molecule has 0 radical (unpaired) electrons. The third-order valence-corrected chi connectivity index (χ3v) is 4.28. The van der Waals surface area contributed by atoms with Crippen LogP contribution in [0.15, 0.2) is 15.8 Å². The van der Waals surface area contributed by atoms with E-state index in [4.69, 9.17) is 4.74 Å². The number of H-pyrrole nitrogens is 1. The summed E-state index contributed by atoms with van der Waals surface area (Å²) in [5.41, 5.74) is -1.04. The fourth-order valence-electron chi connectivity index (χ4n) is 1.99. The first-order valence-electron chi connectivity index (χ1n) is 6.09. The summed E-state index contributed by atoms with van der Waals surface area (Å²) in [4.78, 5) is 47.8. The number of esters is 1. The Hall–Kier alpha value is -1.90. The largest absolute Gasteiger partial charge is 0.456 e. The molecule has 21 heavy (non-hydrogen) atoms. The number of nitrogens with one attached hydrogen (secondary N) is 1. The van der Waals surface area contributed by atoms with Gasteiger partial charge in [-0.05, 0) is 6.92 Å². The van der Waals surface area contributed by atoms with Crippen molar-refractivity contribution in [3.8, 4) is 0 Å². The van der Waals surface area contributed by atoms with Crippen LogP contribution in [-0.4, -0.2) is 39.3 Å². The molecule has 1 aliphatic heterocycles. The number of nitrogens with zero attached hydrogens (tertiary/aromatic N) is 1. The van der Waals surface area contributed by atoms with E-state index in [0.29, 0.717) is 0 Å². The second kappa shape index (κ2) is 5.84. The molecule has 0 spiro atoms. The predicted octanol–water partition coefficient (Wildman–Crippen LogP) is -0.0707. The maximum absolute atomic E-state index is 14.0. The summed E-state index contributed by atoms with van der Waals surface area (Å²) in [7, 11) is 0. The van der Waals surface area contributed by atoms with Crippen molar-refractivity contribution in [1.82, 2.24) is 9.55 Å². The van der Waals surface area contributed by atoms with Crippen LogP contribution in [0, 0.1) is 6.92 Å². The molecule has 1 saturated heterocycles. The summed E-state index contributed by atoms with van der Waals surface area (Å²) in [5, 5.41) is -0.912. The molecule has 3 atom stereocenters. The molecule has 0 bridgehead atoms. The van der Waals surface area contributed by atoms with E-state index in [-0.39, 0.29) is 11.3 Å². The van der Waals surface area contributed by atoms with Gasteiger partial charge in [-0.1, -0.05) is 0 Å². The summed E-state index contributed by atoms with van der Waals surface area (Å²) >= 11 is 0.981. The maximum Gasteiger partial charge on any atom is 0.329 e. The van der Waals surface area contributed by atoms with Crippen LogP contribution in [0.3, 0.4) is 0 Å². The number of hydrogen-bond acceptors (Lipinski definition) is 6. The minimum atomic E-state index is -2.00. The molecule has 1 N–H and O–H groups in total. The van der Waals surface area contributed by atoms with Gasteiger partial charge < -0.3 is 4.74 Å². The predicted molar refractivity (Wildman–Crippen MR) is 73.0 cm³/mol. The number of aryl methyl sites for hydroxylation is 1. The number of carbonyl (C=O) groups is 2. The smallest absolute Gasteiger partial charge is 0.329 e. The molecule has 9 heteroatoms. The number of alkyl halides is 1. The first kappa shape index (κ1) is 15.5. The van der Waals surface area contributed by atoms with E-state index in [1.165, 1.54) is 13.1 Å². The van der Waals surface area contributed by atoms with Crippen LogP contribution in [0.25, 0.3) is 0 Å². The molecule has 0 amide bonds. The number of hydrogen-bond donors (Lipinski definition) is 1. The van der Waals surface area contributed by atoms with E-state index in [9.17, 15) is 23.6 Å². The number of aromatic nitrogens is 2. The molecular formula is C12H13FN2O5S. The van der Waals surface area contributed by atoms with Gasteiger partial charge in [-0.15, -0.1) is 11.8 Å². The van der Waals surface area contributed by atoms with E-state index in [1.807, 2.05) is 0 Å². The molecular weight excluding hydrogens is 303 g/mol. The zero-order valence-corrected chi connectivity index (χ0v) is 12.1. The molecule has 0 aromatic carbocycles. The van der Waals surface area contributed by atoms with Crippen molar-refractivity contribution in [2.24, 2.45) is 0 Å². The fourth-order valence-corrected chi connectivity index (χ4v) is 3.19. The lowest BCUT2D eigenvalue weighted by Crippen LogP contribution is -2.47. The van der Waals surface area contributed by atoms with Gasteiger partial charge in [0.05, 0.1) is 5.75 Å². The molecule has 2 heterocycles. The SMILES string of the molecule is CC(=O)O[C@H]1[C@H](n2cc(C)c(=O)[nH]c2=O)SCC(=O)[C@@H]1F. The van der Waals surface area contributed by atoms with Gasteiger partial charge in [0.25, 0.3) is 5.56 Å². The average Bonchev–Trinajstić information content (AvgIpc) is 2.40. The molecule has 1 aliphatic rings. The number of aromatic amines is 1. The van der Waals surface area contributed by atoms with Crippen molar-refractivity contribution in [2.75, 3.05) is 5.75 Å². The topological polar surface area (TPSA) is 98.2 Å². The van der Waals surface area contributed by atoms with Crippen LogP contribution in [0.2, 0.25) is 0 Å². The van der Waals surface area contributed by atoms with Gasteiger partial charge >= 0.3 is 11.7 Å². The Kier molecular flexibility index (Phi) is 4.31. The van der Waals surface area contributed by atoms with Crippen molar-refractivity contribution in [3.63, 3.8) is 0 Å². The Morgan fingerprint density at radius 2 is 2.14 bits per heavy atom. The van der Waals surface area contributed by atoms with Crippen LogP contribution < -0.4 is 11.2 Å². The van der Waals surface area contributed by atoms with Crippen molar-refractivity contribution in [3.05, 3.63) is 32.6 Å². The third kappa shape index (κ3) is 3.07. The zero-order valence-electron chi connectivity index (χ0n) is 11.3. The lowest BCUT2D eigenvalue weighted by atomic mass is 10.1. The highest BCUT2D eigenvalue weighted by Gasteiger charge is 2.43. The number of ketones is 1. The Balaban J connectivity index is 2.47. The van der Waals surface area contributed by atoms with Crippen LogP contribution in [0.1, 0.15) is 17.9 Å². The first-order valence-corrected chi connectivity index (χ1v) is 7.14. The molecule has 1 aromatic rings. The minimum absolute atomic E-state index is 0.145. The standard InChI is InChI=1S/C12H13FN2O5S/c1-5-3-15(12(19)14-10(5)18)11-9(20-6(2)16)8(13)7(17)4-21-11/h3,8-9,11H,4H2,1-2H3,(H,14,18,19)/t8-,9+,11+/m0/s1. The number of halogens is 1. The van der Waals surface area contributed by atoms with E-state index in [1.54, 1.807) is 0 Å². The molecule has 0 saturated carbocycles. The fraction of sp³-hybridized carbons (Fsp3) is 0.500. The van der Waals surface area contributed by atoms with Gasteiger partial charge in [0, 0.05) is 18.7 Å². The Bertz CT molecular complexity index is 698. The first-order chi connectivity index (χ1) is 9.81. The van der Waals surface area contributed by atoms with Crippen LogP contribution in [0.5, 0.6) is 0 Å². The Morgan fingerprint density at radius 3 is 2.76 bits per heavy atom. The number of Topliss-reactive ketones (excluding diaryl/α,β-unsaturated/α-hetero) is 1. The summed E-state index contributed by atoms with van der Waals surface area (Å²) in [6.45, 7) is 2.58. The summed E-state index contributed by atoms with van der Waals surface area (Å²) in [6.07, 6.45) is -2.14. The van der Waals surface area contributed by atoms with Gasteiger partial charge in [-0.25, -0.2) is 9.18 Å². The van der Waals surface area contributed by atoms with Gasteiger partial charge in [-0.3, -0.25) is 23.9 Å². The maximum atomic E-state index is 14.0. The lowest BCUT2D eigenvalue weighted by molar-refractivity contribution is -0.153. The monoisotopic (exact) mass is 316 g/mol. The molecule has 1 aromatic heterocycles. The van der Waals surface area contributed by atoms with Gasteiger partial charge in [-0.2, -0.15) is 0 Å². The molecule has 114 valence electrons. The second-order valence-corrected chi connectivity index (χ2v) is 5.73. The van der Waals surface area contributed by atoms with E-state index < -0.39 is 40.7 Å². The van der Waals surface area contributed by atoms with E-state index in [2.05, 4.69) is 4.98 Å². The molecule has 2 rings (SSSR count). The summed E-state index contributed by atoms with van der Waals surface area (Å²) in [5.74, 6) is -1.59. The number of ether oxygens (including phenoxy) is 1. The Morgan fingerprint density at radius 1 is 1.48 bits per heavy atom. The summed E-state index contributed by atoms with van der Waals surface area (Å²) in [6, 6.07) is 0. The molecule has 1 fully saturated rings. The average molecular weight is 316 g/mol. The van der Waals surface area contributed by atoms with Gasteiger partial charge in [0.1, 0.15) is 5.37 Å². The zero-order chi connectivity index (χ0) is 15.7. The van der Waals surface area contributed by atoms with E-state index >= 15 is 0 Å². The van der Waals surface area contributed by atoms with Crippen LogP contribution in [-0.2, 0) is 14.3 Å². The number of thioether (sulfide) groups is 1. The van der Waals surface area contributed by atoms with Crippen molar-refractivity contribution in [2.45, 2.75) is 31.5 Å². The second-order valence-electron chi connectivity index (χ2n) is 4.62. The highest BCUT2D eigenvalue weighted by atomic mass is 32.2. The van der Waals surface area contributed by atoms with Crippen LogP contribution in [0.4, 0.5) is 4.39 Å². The molecule has 0 aliphatic carbocycles.